The first-order valence-corrected chi connectivity index (χ1v) is 6.71. The lowest BCUT2D eigenvalue weighted by atomic mass is 10.0. The molecule has 0 spiro atoms. The third kappa shape index (κ3) is 3.10. The van der Waals surface area contributed by atoms with Crippen LogP contribution in [0.3, 0.4) is 0 Å². The van der Waals surface area contributed by atoms with Gasteiger partial charge in [-0.25, -0.2) is 4.79 Å². The number of hydrogen-bond acceptors (Lipinski definition) is 3. The van der Waals surface area contributed by atoms with Crippen LogP contribution in [0, 0.1) is 12.8 Å². The predicted octanol–water partition coefficient (Wildman–Crippen LogP) is 1.70. The smallest absolute Gasteiger partial charge is 0.326 e. The largest absolute Gasteiger partial charge is 0.484 e. The van der Waals surface area contributed by atoms with Crippen molar-refractivity contribution in [2.75, 3.05) is 13.2 Å². The second-order valence-corrected chi connectivity index (χ2v) is 5.24. The van der Waals surface area contributed by atoms with Crippen molar-refractivity contribution in [2.45, 2.75) is 26.3 Å². The Balaban J connectivity index is 1.96. The van der Waals surface area contributed by atoms with Gasteiger partial charge in [-0.15, -0.1) is 0 Å². The first kappa shape index (κ1) is 14.4. The molecule has 1 heterocycles. The summed E-state index contributed by atoms with van der Waals surface area (Å²) in [7, 11) is 0. The van der Waals surface area contributed by atoms with E-state index in [1.54, 1.807) is 6.07 Å². The number of carbonyl (C=O) groups is 2. The van der Waals surface area contributed by atoms with Crippen LogP contribution in [-0.4, -0.2) is 41.1 Å². The maximum Gasteiger partial charge on any atom is 0.326 e. The van der Waals surface area contributed by atoms with Gasteiger partial charge in [0.1, 0.15) is 11.8 Å². The first-order valence-electron chi connectivity index (χ1n) is 6.71. The fraction of sp³-hybridized carbons (Fsp3) is 0.467. The quantitative estimate of drug-likeness (QED) is 0.909. The molecule has 1 aromatic rings. The molecule has 5 nitrogen and oxygen atoms in total. The number of aryl methyl sites for hydroxylation is 1. The number of nitrogens with zero attached hydrogens (tertiary/aromatic N) is 1. The van der Waals surface area contributed by atoms with E-state index in [0.29, 0.717) is 18.7 Å². The van der Waals surface area contributed by atoms with Crippen molar-refractivity contribution in [3.63, 3.8) is 0 Å². The summed E-state index contributed by atoms with van der Waals surface area (Å²) in [5, 5.41) is 9.19. The number of amides is 1. The van der Waals surface area contributed by atoms with Gasteiger partial charge >= 0.3 is 5.97 Å². The highest BCUT2D eigenvalue weighted by molar-refractivity contribution is 5.85. The van der Waals surface area contributed by atoms with Crippen LogP contribution in [0.4, 0.5) is 0 Å². The molecular weight excluding hydrogens is 258 g/mol. The van der Waals surface area contributed by atoms with Crippen molar-refractivity contribution >= 4 is 11.9 Å². The molecule has 1 aliphatic rings. The van der Waals surface area contributed by atoms with Crippen LogP contribution >= 0.6 is 0 Å². The summed E-state index contributed by atoms with van der Waals surface area (Å²) in [6.07, 6.45) is 0.715. The highest BCUT2D eigenvalue weighted by Crippen LogP contribution is 2.24. The number of rotatable bonds is 4. The normalized spacial score (nSPS) is 21.8. The van der Waals surface area contributed by atoms with Gasteiger partial charge in [0, 0.05) is 6.54 Å². The van der Waals surface area contributed by atoms with Crippen LogP contribution < -0.4 is 4.74 Å². The van der Waals surface area contributed by atoms with Crippen LogP contribution in [0.15, 0.2) is 24.3 Å². The zero-order chi connectivity index (χ0) is 14.7. The summed E-state index contributed by atoms with van der Waals surface area (Å²) < 4.78 is 5.44. The Morgan fingerprint density at radius 3 is 2.85 bits per heavy atom. The third-order valence-corrected chi connectivity index (χ3v) is 3.63. The Morgan fingerprint density at radius 1 is 1.45 bits per heavy atom. The number of carbonyl (C=O) groups excluding carboxylic acids is 1. The van der Waals surface area contributed by atoms with Crippen molar-refractivity contribution in [2.24, 2.45) is 5.92 Å². The minimum absolute atomic E-state index is 0.0181. The molecular formula is C15H19NO4. The molecule has 20 heavy (non-hydrogen) atoms. The predicted molar refractivity (Wildman–Crippen MR) is 73.6 cm³/mol. The van der Waals surface area contributed by atoms with E-state index >= 15 is 0 Å². The van der Waals surface area contributed by atoms with Gasteiger partial charge in [0.2, 0.25) is 0 Å². The average Bonchev–Trinajstić information content (AvgIpc) is 2.78. The number of aliphatic carboxylic acids is 1. The number of ether oxygens (including phenoxy) is 1. The van der Waals surface area contributed by atoms with E-state index in [1.165, 1.54) is 4.90 Å². The van der Waals surface area contributed by atoms with Gasteiger partial charge < -0.3 is 14.7 Å². The Labute approximate surface area is 118 Å². The molecule has 2 rings (SSSR count). The van der Waals surface area contributed by atoms with Gasteiger partial charge in [-0.3, -0.25) is 4.79 Å². The number of carboxylic acid groups (broad SMARTS) is 1. The lowest BCUT2D eigenvalue weighted by Gasteiger charge is -2.23. The van der Waals surface area contributed by atoms with Gasteiger partial charge in [-0.05, 0) is 37.0 Å². The summed E-state index contributed by atoms with van der Waals surface area (Å²) in [5.74, 6) is -0.616. The van der Waals surface area contributed by atoms with Crippen LogP contribution in [-0.2, 0) is 9.59 Å². The molecule has 0 bridgehead atoms. The van der Waals surface area contributed by atoms with Crippen molar-refractivity contribution in [3.05, 3.63) is 29.8 Å². The molecule has 0 aliphatic carbocycles. The molecule has 0 aromatic heterocycles. The molecule has 1 amide bonds. The fourth-order valence-corrected chi connectivity index (χ4v) is 2.54. The third-order valence-electron chi connectivity index (χ3n) is 3.63. The second-order valence-electron chi connectivity index (χ2n) is 5.24. The maximum atomic E-state index is 12.1. The van der Waals surface area contributed by atoms with Gasteiger partial charge in [-0.1, -0.05) is 19.1 Å². The second kappa shape index (κ2) is 5.94. The van der Waals surface area contributed by atoms with E-state index in [4.69, 9.17) is 4.74 Å². The maximum absolute atomic E-state index is 12.1. The Hall–Kier alpha value is -2.04. The first-order chi connectivity index (χ1) is 9.49. The highest BCUT2D eigenvalue weighted by atomic mass is 16.5. The average molecular weight is 277 g/mol. The molecule has 1 saturated heterocycles. The SMILES string of the molecule is Cc1cccc(OCC(=O)N2CCC(C)C2C(=O)O)c1. The molecule has 1 aliphatic heterocycles. The van der Waals surface area contributed by atoms with E-state index in [0.717, 1.165) is 5.56 Å². The van der Waals surface area contributed by atoms with E-state index < -0.39 is 12.0 Å². The summed E-state index contributed by atoms with van der Waals surface area (Å²) in [5.41, 5.74) is 1.05. The summed E-state index contributed by atoms with van der Waals surface area (Å²) >= 11 is 0. The van der Waals surface area contributed by atoms with Crippen LogP contribution in [0.5, 0.6) is 5.75 Å². The lowest BCUT2D eigenvalue weighted by molar-refractivity contribution is -0.150. The van der Waals surface area contributed by atoms with Crippen molar-refractivity contribution in [3.8, 4) is 5.75 Å². The highest BCUT2D eigenvalue weighted by Gasteiger charge is 2.39. The Bertz CT molecular complexity index is 514. The van der Waals surface area contributed by atoms with Crippen molar-refractivity contribution in [1.82, 2.24) is 4.90 Å². The number of carboxylic acids is 1. The van der Waals surface area contributed by atoms with E-state index in [1.807, 2.05) is 32.0 Å². The molecule has 108 valence electrons. The molecule has 0 saturated carbocycles. The van der Waals surface area contributed by atoms with Gasteiger partial charge in [0.05, 0.1) is 0 Å². The van der Waals surface area contributed by atoms with Crippen LogP contribution in [0.1, 0.15) is 18.9 Å². The van der Waals surface area contributed by atoms with Crippen LogP contribution in [0.2, 0.25) is 0 Å². The molecule has 1 aromatic carbocycles. The van der Waals surface area contributed by atoms with Crippen LogP contribution in [0.25, 0.3) is 0 Å². The Kier molecular flexibility index (Phi) is 4.27. The van der Waals surface area contributed by atoms with Crippen molar-refractivity contribution in [1.29, 1.82) is 0 Å². The molecule has 2 unspecified atom stereocenters. The summed E-state index contributed by atoms with van der Waals surface area (Å²) in [4.78, 5) is 24.7. The monoisotopic (exact) mass is 277 g/mol. The zero-order valence-electron chi connectivity index (χ0n) is 11.7. The molecule has 2 atom stereocenters. The van der Waals surface area contributed by atoms with Crippen molar-refractivity contribution < 1.29 is 19.4 Å². The minimum Gasteiger partial charge on any atom is -0.484 e. The zero-order valence-corrected chi connectivity index (χ0v) is 11.7. The van der Waals surface area contributed by atoms with E-state index in [2.05, 4.69) is 0 Å². The fourth-order valence-electron chi connectivity index (χ4n) is 2.54. The number of hydrogen-bond donors (Lipinski definition) is 1. The molecule has 5 heteroatoms. The van der Waals surface area contributed by atoms with E-state index in [9.17, 15) is 14.7 Å². The summed E-state index contributed by atoms with van der Waals surface area (Å²) in [6.45, 7) is 4.15. The number of likely N-dealkylation sites (tertiary alicyclic amines) is 1. The topological polar surface area (TPSA) is 66.8 Å². The summed E-state index contributed by atoms with van der Waals surface area (Å²) in [6, 6.07) is 6.68. The van der Waals surface area contributed by atoms with Gasteiger partial charge in [0.15, 0.2) is 6.61 Å². The Morgan fingerprint density at radius 2 is 2.20 bits per heavy atom. The standard InChI is InChI=1S/C15H19NO4/c1-10-4-3-5-12(8-10)20-9-13(17)16-7-6-11(2)14(16)15(18)19/h3-5,8,11,14H,6-7,9H2,1-2H3,(H,18,19). The number of benzene rings is 1. The van der Waals surface area contributed by atoms with E-state index in [-0.39, 0.29) is 18.4 Å². The lowest BCUT2D eigenvalue weighted by Crippen LogP contribution is -2.44. The van der Waals surface area contributed by atoms with Gasteiger partial charge in [-0.2, -0.15) is 0 Å². The van der Waals surface area contributed by atoms with Gasteiger partial charge in [0.25, 0.3) is 5.91 Å². The molecule has 1 fully saturated rings. The molecule has 0 radical (unpaired) electrons. The minimum atomic E-state index is -0.945. The molecule has 1 N–H and O–H groups in total.